The van der Waals surface area contributed by atoms with Crippen molar-refractivity contribution in [1.82, 2.24) is 4.98 Å². The summed E-state index contributed by atoms with van der Waals surface area (Å²) in [6, 6.07) is 14.2. The number of aryl methyl sites for hydroxylation is 1. The molecular formula is C17H16N2O. The number of hydrogen-bond acceptors (Lipinski definition) is 3. The molecule has 1 saturated carbocycles. The molecule has 0 unspecified atom stereocenters. The van der Waals surface area contributed by atoms with Crippen molar-refractivity contribution in [3.8, 4) is 0 Å². The molecule has 0 aliphatic heterocycles. The van der Waals surface area contributed by atoms with E-state index in [1.54, 1.807) is 0 Å². The number of anilines is 1. The quantitative estimate of drug-likeness (QED) is 0.716. The molecule has 3 nitrogen and oxygen atoms in total. The maximum absolute atomic E-state index is 6.02. The van der Waals surface area contributed by atoms with Gasteiger partial charge in [0.15, 0.2) is 5.58 Å². The van der Waals surface area contributed by atoms with E-state index in [1.807, 2.05) is 24.3 Å². The second-order valence-electron chi connectivity index (χ2n) is 5.69. The minimum Gasteiger partial charge on any atom is -0.440 e. The Hall–Kier alpha value is -2.29. The van der Waals surface area contributed by atoms with Crippen molar-refractivity contribution in [2.45, 2.75) is 25.2 Å². The number of nitrogens with two attached hydrogens (primary N) is 1. The Morgan fingerprint density at radius 1 is 1.10 bits per heavy atom. The average Bonchev–Trinajstić information content (AvgIpc) is 3.14. The van der Waals surface area contributed by atoms with Gasteiger partial charge >= 0.3 is 0 Å². The topological polar surface area (TPSA) is 52.0 Å². The van der Waals surface area contributed by atoms with E-state index in [2.05, 4.69) is 30.1 Å². The molecule has 0 amide bonds. The van der Waals surface area contributed by atoms with E-state index in [-0.39, 0.29) is 5.41 Å². The van der Waals surface area contributed by atoms with Gasteiger partial charge in [-0.2, -0.15) is 0 Å². The van der Waals surface area contributed by atoms with Crippen molar-refractivity contribution in [1.29, 1.82) is 0 Å². The van der Waals surface area contributed by atoms with Crippen molar-refractivity contribution >= 4 is 16.8 Å². The highest BCUT2D eigenvalue weighted by molar-refractivity contribution is 5.73. The van der Waals surface area contributed by atoms with Gasteiger partial charge in [-0.1, -0.05) is 18.2 Å². The molecule has 2 N–H and O–H groups in total. The summed E-state index contributed by atoms with van der Waals surface area (Å²) < 4.78 is 6.02. The molecule has 2 aromatic carbocycles. The maximum Gasteiger partial charge on any atom is 0.206 e. The largest absolute Gasteiger partial charge is 0.440 e. The molecule has 100 valence electrons. The van der Waals surface area contributed by atoms with Crippen LogP contribution in [0, 0.1) is 6.92 Å². The Balaban J connectivity index is 1.83. The normalized spacial score (nSPS) is 16.4. The van der Waals surface area contributed by atoms with Crippen LogP contribution in [-0.2, 0) is 5.41 Å². The molecule has 1 aliphatic rings. The van der Waals surface area contributed by atoms with Gasteiger partial charge in [-0.05, 0) is 55.2 Å². The lowest BCUT2D eigenvalue weighted by atomic mass is 9.96. The van der Waals surface area contributed by atoms with Crippen molar-refractivity contribution in [3.63, 3.8) is 0 Å². The van der Waals surface area contributed by atoms with Crippen molar-refractivity contribution < 1.29 is 4.42 Å². The molecule has 1 aliphatic carbocycles. The SMILES string of the molecule is Cc1ccc2nc(C3(c4ccc(N)cc4)CC3)oc2c1. The van der Waals surface area contributed by atoms with Gasteiger partial charge in [0.05, 0.1) is 5.41 Å². The predicted octanol–water partition coefficient (Wildman–Crippen LogP) is 3.80. The average molecular weight is 264 g/mol. The summed E-state index contributed by atoms with van der Waals surface area (Å²) in [5.41, 5.74) is 10.8. The van der Waals surface area contributed by atoms with Crippen LogP contribution in [0.15, 0.2) is 46.9 Å². The van der Waals surface area contributed by atoms with Crippen LogP contribution < -0.4 is 5.73 Å². The van der Waals surface area contributed by atoms with Gasteiger partial charge in [-0.3, -0.25) is 0 Å². The van der Waals surface area contributed by atoms with Crippen LogP contribution in [0.1, 0.15) is 29.9 Å². The fourth-order valence-electron chi connectivity index (χ4n) is 2.79. The minimum atomic E-state index is -0.0410. The Kier molecular flexibility index (Phi) is 2.22. The van der Waals surface area contributed by atoms with Crippen LogP contribution in [0.2, 0.25) is 0 Å². The van der Waals surface area contributed by atoms with Gasteiger partial charge in [-0.15, -0.1) is 0 Å². The van der Waals surface area contributed by atoms with Crippen LogP contribution in [0.4, 0.5) is 5.69 Å². The second-order valence-corrected chi connectivity index (χ2v) is 5.69. The lowest BCUT2D eigenvalue weighted by molar-refractivity contribution is 0.491. The van der Waals surface area contributed by atoms with E-state index in [1.165, 1.54) is 11.1 Å². The van der Waals surface area contributed by atoms with Gasteiger partial charge in [0.25, 0.3) is 0 Å². The molecular weight excluding hydrogens is 248 g/mol. The highest BCUT2D eigenvalue weighted by Crippen LogP contribution is 2.53. The monoisotopic (exact) mass is 264 g/mol. The van der Waals surface area contributed by atoms with E-state index in [9.17, 15) is 0 Å². The van der Waals surface area contributed by atoms with Crippen LogP contribution >= 0.6 is 0 Å². The molecule has 20 heavy (non-hydrogen) atoms. The number of fused-ring (bicyclic) bond motifs is 1. The van der Waals surface area contributed by atoms with Crippen molar-refractivity contribution in [3.05, 3.63) is 59.5 Å². The number of nitrogens with zero attached hydrogens (tertiary/aromatic N) is 1. The van der Waals surface area contributed by atoms with E-state index < -0.39 is 0 Å². The summed E-state index contributed by atoms with van der Waals surface area (Å²) in [6.07, 6.45) is 2.17. The molecule has 1 heterocycles. The number of hydrogen-bond donors (Lipinski definition) is 1. The van der Waals surface area contributed by atoms with Crippen molar-refractivity contribution in [2.75, 3.05) is 5.73 Å². The van der Waals surface area contributed by atoms with E-state index in [0.717, 1.165) is 35.5 Å². The number of benzene rings is 2. The number of rotatable bonds is 2. The fourth-order valence-corrected chi connectivity index (χ4v) is 2.79. The lowest BCUT2D eigenvalue weighted by Gasteiger charge is -2.11. The molecule has 4 rings (SSSR count). The van der Waals surface area contributed by atoms with Gasteiger partial charge in [-0.25, -0.2) is 4.98 Å². The van der Waals surface area contributed by atoms with Crippen LogP contribution in [0.25, 0.3) is 11.1 Å². The van der Waals surface area contributed by atoms with Crippen LogP contribution in [0.3, 0.4) is 0 Å². The van der Waals surface area contributed by atoms with Gasteiger partial charge < -0.3 is 10.2 Å². The molecule has 0 saturated heterocycles. The first-order valence-electron chi connectivity index (χ1n) is 6.91. The Labute approximate surface area is 117 Å². The molecule has 3 heteroatoms. The molecule has 3 aromatic rings. The van der Waals surface area contributed by atoms with Crippen LogP contribution in [-0.4, -0.2) is 4.98 Å². The van der Waals surface area contributed by atoms with Gasteiger partial charge in [0.2, 0.25) is 5.89 Å². The molecule has 0 radical (unpaired) electrons. The molecule has 0 spiro atoms. The van der Waals surface area contributed by atoms with Crippen LogP contribution in [0.5, 0.6) is 0 Å². The summed E-state index contributed by atoms with van der Waals surface area (Å²) in [7, 11) is 0. The predicted molar refractivity (Wildman–Crippen MR) is 79.6 cm³/mol. The summed E-state index contributed by atoms with van der Waals surface area (Å²) in [5, 5.41) is 0. The first-order valence-corrected chi connectivity index (χ1v) is 6.91. The molecule has 1 fully saturated rings. The standard InChI is InChI=1S/C17H16N2O/c1-11-2-7-14-15(10-11)20-16(19-14)17(8-9-17)12-3-5-13(18)6-4-12/h2-7,10H,8-9,18H2,1H3. The van der Waals surface area contributed by atoms with E-state index >= 15 is 0 Å². The smallest absolute Gasteiger partial charge is 0.206 e. The Morgan fingerprint density at radius 2 is 1.85 bits per heavy atom. The zero-order chi connectivity index (χ0) is 13.7. The summed E-state index contributed by atoms with van der Waals surface area (Å²) in [5.74, 6) is 0.836. The highest BCUT2D eigenvalue weighted by Gasteiger charge is 2.50. The summed E-state index contributed by atoms with van der Waals surface area (Å²) in [4.78, 5) is 4.69. The minimum absolute atomic E-state index is 0.0410. The molecule has 1 aromatic heterocycles. The number of oxazole rings is 1. The third kappa shape index (κ3) is 1.63. The molecule has 0 bridgehead atoms. The maximum atomic E-state index is 6.02. The lowest BCUT2D eigenvalue weighted by Crippen LogP contribution is -2.08. The highest BCUT2D eigenvalue weighted by atomic mass is 16.3. The van der Waals surface area contributed by atoms with Gasteiger partial charge in [0, 0.05) is 5.69 Å². The third-order valence-electron chi connectivity index (χ3n) is 4.17. The summed E-state index contributed by atoms with van der Waals surface area (Å²) in [6.45, 7) is 2.06. The fraction of sp³-hybridized carbons (Fsp3) is 0.235. The van der Waals surface area contributed by atoms with Gasteiger partial charge in [0.1, 0.15) is 5.52 Å². The number of nitrogen functional groups attached to an aromatic ring is 1. The van der Waals surface area contributed by atoms with Crippen molar-refractivity contribution in [2.24, 2.45) is 0 Å². The van der Waals surface area contributed by atoms with E-state index in [4.69, 9.17) is 10.2 Å². The number of aromatic nitrogens is 1. The second kappa shape index (κ2) is 3.85. The molecule has 0 atom stereocenters. The zero-order valence-electron chi connectivity index (χ0n) is 11.4. The third-order valence-corrected chi connectivity index (χ3v) is 4.17. The Bertz CT molecular complexity index is 782. The zero-order valence-corrected chi connectivity index (χ0v) is 11.4. The first-order chi connectivity index (χ1) is 9.67. The summed E-state index contributed by atoms with van der Waals surface area (Å²) >= 11 is 0. The first kappa shape index (κ1) is 11.5. The Morgan fingerprint density at radius 3 is 2.55 bits per heavy atom. The van der Waals surface area contributed by atoms with E-state index in [0.29, 0.717) is 0 Å².